The van der Waals surface area contributed by atoms with Gasteiger partial charge in [0.05, 0.1) is 5.69 Å². The fourth-order valence-electron chi connectivity index (χ4n) is 0.830. The Bertz CT molecular complexity index is 316. The number of aryl methyl sites for hydroxylation is 1. The number of anilines is 1. The lowest BCUT2D eigenvalue weighted by Crippen LogP contribution is -1.97. The average Bonchev–Trinajstić information content (AvgIpc) is 2.03. The van der Waals surface area contributed by atoms with Gasteiger partial charge in [-0.3, -0.25) is 0 Å². The Morgan fingerprint density at radius 1 is 1.58 bits per heavy atom. The number of nitrogens with zero attached hydrogens (tertiary/aromatic N) is 2. The standard InChI is InChI=1S/C9H11N3/c1-3-4-5-8-6-11-9(10)12-7(8)2/h3-6H,1H2,2H3,(H2,10,11,12)/b5-4-. The molecule has 0 spiro atoms. The molecule has 0 fully saturated rings. The Labute approximate surface area is 71.7 Å². The fraction of sp³-hybridized carbons (Fsp3) is 0.111. The molecule has 0 unspecified atom stereocenters. The number of nitrogens with two attached hydrogens (primary N) is 1. The third-order valence-corrected chi connectivity index (χ3v) is 1.45. The number of hydrogen-bond acceptors (Lipinski definition) is 3. The molecule has 1 aromatic heterocycles. The Morgan fingerprint density at radius 3 is 2.92 bits per heavy atom. The van der Waals surface area contributed by atoms with Gasteiger partial charge >= 0.3 is 0 Å². The minimum atomic E-state index is 0.309. The topological polar surface area (TPSA) is 51.8 Å². The predicted octanol–water partition coefficient (Wildman–Crippen LogP) is 1.57. The summed E-state index contributed by atoms with van der Waals surface area (Å²) in [7, 11) is 0. The van der Waals surface area contributed by atoms with Gasteiger partial charge in [0.2, 0.25) is 5.95 Å². The molecule has 3 heteroatoms. The average molecular weight is 161 g/mol. The third kappa shape index (κ3) is 1.92. The number of aromatic nitrogens is 2. The molecular weight excluding hydrogens is 150 g/mol. The van der Waals surface area contributed by atoms with E-state index in [1.54, 1.807) is 12.3 Å². The van der Waals surface area contributed by atoms with Crippen LogP contribution in [0.5, 0.6) is 0 Å². The van der Waals surface area contributed by atoms with Crippen molar-refractivity contribution in [3.63, 3.8) is 0 Å². The zero-order chi connectivity index (χ0) is 8.97. The lowest BCUT2D eigenvalue weighted by molar-refractivity contribution is 1.11. The van der Waals surface area contributed by atoms with Crippen LogP contribution in [0.4, 0.5) is 5.95 Å². The van der Waals surface area contributed by atoms with E-state index in [2.05, 4.69) is 16.5 Å². The van der Waals surface area contributed by atoms with Crippen molar-refractivity contribution in [1.82, 2.24) is 9.97 Å². The maximum Gasteiger partial charge on any atom is 0.220 e. The number of hydrogen-bond donors (Lipinski definition) is 1. The smallest absolute Gasteiger partial charge is 0.220 e. The van der Waals surface area contributed by atoms with Crippen molar-refractivity contribution < 1.29 is 0 Å². The Kier molecular flexibility index (Phi) is 2.58. The van der Waals surface area contributed by atoms with Crippen LogP contribution in [-0.2, 0) is 0 Å². The van der Waals surface area contributed by atoms with Crippen molar-refractivity contribution in [3.05, 3.63) is 36.2 Å². The zero-order valence-corrected chi connectivity index (χ0v) is 6.99. The van der Waals surface area contributed by atoms with Gasteiger partial charge in [0.25, 0.3) is 0 Å². The highest BCUT2D eigenvalue weighted by atomic mass is 15.0. The van der Waals surface area contributed by atoms with E-state index in [9.17, 15) is 0 Å². The summed E-state index contributed by atoms with van der Waals surface area (Å²) in [6.07, 6.45) is 7.12. The maximum atomic E-state index is 5.39. The van der Waals surface area contributed by atoms with Crippen LogP contribution in [0.25, 0.3) is 6.08 Å². The lowest BCUT2D eigenvalue weighted by atomic mass is 10.2. The summed E-state index contributed by atoms with van der Waals surface area (Å²) in [6, 6.07) is 0. The largest absolute Gasteiger partial charge is 0.368 e. The van der Waals surface area contributed by atoms with E-state index in [-0.39, 0.29) is 0 Å². The summed E-state index contributed by atoms with van der Waals surface area (Å²) in [5.41, 5.74) is 7.23. The molecule has 0 saturated heterocycles. The Morgan fingerprint density at radius 2 is 2.33 bits per heavy atom. The molecule has 1 rings (SSSR count). The molecule has 0 aliphatic heterocycles. The molecule has 62 valence electrons. The highest BCUT2D eigenvalue weighted by Crippen LogP contribution is 2.06. The summed E-state index contributed by atoms with van der Waals surface area (Å²) < 4.78 is 0. The molecule has 1 aromatic rings. The SMILES string of the molecule is C=C/C=C\c1cnc(N)nc1C. The van der Waals surface area contributed by atoms with E-state index in [0.29, 0.717) is 5.95 Å². The van der Waals surface area contributed by atoms with Gasteiger partial charge in [-0.1, -0.05) is 24.8 Å². The summed E-state index contributed by atoms with van der Waals surface area (Å²) >= 11 is 0. The molecule has 12 heavy (non-hydrogen) atoms. The van der Waals surface area contributed by atoms with Crippen molar-refractivity contribution in [1.29, 1.82) is 0 Å². The van der Waals surface area contributed by atoms with Crippen LogP contribution in [0.2, 0.25) is 0 Å². The van der Waals surface area contributed by atoms with Gasteiger partial charge in [-0.25, -0.2) is 9.97 Å². The minimum Gasteiger partial charge on any atom is -0.368 e. The van der Waals surface area contributed by atoms with Crippen LogP contribution in [0.15, 0.2) is 24.9 Å². The second-order valence-corrected chi connectivity index (χ2v) is 2.36. The normalized spacial score (nSPS) is 10.4. The third-order valence-electron chi connectivity index (χ3n) is 1.45. The van der Waals surface area contributed by atoms with Gasteiger partial charge in [-0.05, 0) is 6.92 Å². The van der Waals surface area contributed by atoms with Gasteiger partial charge in [-0.15, -0.1) is 0 Å². The Balaban J connectivity index is 3.01. The Hall–Kier alpha value is -1.64. The number of allylic oxidation sites excluding steroid dienone is 2. The van der Waals surface area contributed by atoms with Gasteiger partial charge in [0, 0.05) is 11.8 Å². The van der Waals surface area contributed by atoms with Crippen molar-refractivity contribution in [2.24, 2.45) is 0 Å². The molecular formula is C9H11N3. The number of nitrogen functional groups attached to an aromatic ring is 1. The molecule has 0 bridgehead atoms. The molecule has 0 atom stereocenters. The molecule has 2 N–H and O–H groups in total. The second kappa shape index (κ2) is 3.67. The fourth-order valence-corrected chi connectivity index (χ4v) is 0.830. The minimum absolute atomic E-state index is 0.309. The zero-order valence-electron chi connectivity index (χ0n) is 6.99. The van der Waals surface area contributed by atoms with E-state index >= 15 is 0 Å². The van der Waals surface area contributed by atoms with Crippen LogP contribution < -0.4 is 5.73 Å². The van der Waals surface area contributed by atoms with E-state index in [4.69, 9.17) is 5.73 Å². The van der Waals surface area contributed by atoms with Crippen LogP contribution in [0.1, 0.15) is 11.3 Å². The van der Waals surface area contributed by atoms with Crippen molar-refractivity contribution in [3.8, 4) is 0 Å². The second-order valence-electron chi connectivity index (χ2n) is 2.36. The van der Waals surface area contributed by atoms with Crippen molar-refractivity contribution >= 4 is 12.0 Å². The maximum absolute atomic E-state index is 5.39. The van der Waals surface area contributed by atoms with Crippen molar-refractivity contribution in [2.45, 2.75) is 6.92 Å². The van der Waals surface area contributed by atoms with E-state index in [1.807, 2.05) is 19.1 Å². The molecule has 1 heterocycles. The molecule has 0 amide bonds. The molecule has 0 aromatic carbocycles. The highest BCUT2D eigenvalue weighted by molar-refractivity contribution is 5.52. The monoisotopic (exact) mass is 161 g/mol. The highest BCUT2D eigenvalue weighted by Gasteiger charge is 1.95. The summed E-state index contributed by atoms with van der Waals surface area (Å²) in [4.78, 5) is 7.88. The first-order valence-corrected chi connectivity index (χ1v) is 3.62. The molecule has 0 saturated carbocycles. The van der Waals surface area contributed by atoms with Crippen LogP contribution in [-0.4, -0.2) is 9.97 Å². The van der Waals surface area contributed by atoms with Crippen LogP contribution in [0, 0.1) is 6.92 Å². The van der Waals surface area contributed by atoms with E-state index < -0.39 is 0 Å². The number of rotatable bonds is 2. The molecule has 0 aliphatic carbocycles. The van der Waals surface area contributed by atoms with Gasteiger partial charge in [-0.2, -0.15) is 0 Å². The molecule has 3 nitrogen and oxygen atoms in total. The molecule has 0 radical (unpaired) electrons. The quantitative estimate of drug-likeness (QED) is 0.670. The van der Waals surface area contributed by atoms with Crippen LogP contribution in [0.3, 0.4) is 0 Å². The van der Waals surface area contributed by atoms with E-state index in [1.165, 1.54) is 0 Å². The summed E-state index contributed by atoms with van der Waals surface area (Å²) in [6.45, 7) is 5.46. The first-order chi connectivity index (χ1) is 5.74. The summed E-state index contributed by atoms with van der Waals surface area (Å²) in [5, 5.41) is 0. The van der Waals surface area contributed by atoms with Crippen LogP contribution >= 0.6 is 0 Å². The van der Waals surface area contributed by atoms with Gasteiger partial charge < -0.3 is 5.73 Å². The first-order valence-electron chi connectivity index (χ1n) is 3.62. The van der Waals surface area contributed by atoms with Crippen molar-refractivity contribution in [2.75, 3.05) is 5.73 Å². The molecule has 0 aliphatic rings. The summed E-state index contributed by atoms with van der Waals surface area (Å²) in [5.74, 6) is 0.309. The first kappa shape index (κ1) is 8.46. The van der Waals surface area contributed by atoms with Gasteiger partial charge in [0.15, 0.2) is 0 Å². The van der Waals surface area contributed by atoms with Gasteiger partial charge in [0.1, 0.15) is 0 Å². The lowest BCUT2D eigenvalue weighted by Gasteiger charge is -1.98. The van der Waals surface area contributed by atoms with E-state index in [0.717, 1.165) is 11.3 Å². The predicted molar refractivity (Wildman–Crippen MR) is 50.4 cm³/mol.